The zero-order valence-electron chi connectivity index (χ0n) is 17.9. The fourth-order valence-electron chi connectivity index (χ4n) is 4.07. The Morgan fingerprint density at radius 2 is 0.719 bits per heavy atom. The van der Waals surface area contributed by atoms with Gasteiger partial charge in [-0.05, 0) is 22.3 Å². The van der Waals surface area contributed by atoms with Crippen LogP contribution in [0.5, 0.6) is 0 Å². The summed E-state index contributed by atoms with van der Waals surface area (Å²) in [5.74, 6) is 0. The zero-order valence-corrected chi connectivity index (χ0v) is 17.9. The van der Waals surface area contributed by atoms with Crippen molar-refractivity contribution >= 4 is 0 Å². The molecule has 4 aromatic carbocycles. The first-order chi connectivity index (χ1) is 15.7. The largest absolute Gasteiger partial charge is 0.313 e. The van der Waals surface area contributed by atoms with E-state index in [1.807, 2.05) is 121 Å². The Morgan fingerprint density at radius 3 is 1.03 bits per heavy atom. The Morgan fingerprint density at radius 1 is 0.438 bits per heavy atom. The molecule has 0 spiro atoms. The molecule has 0 saturated carbocycles. The minimum atomic E-state index is -0.493. The SMILES string of the molecule is ON(Cc1ccccc1)C(c1ccccc1)C(c1ccccc1)N(O)Cc1ccccc1. The van der Waals surface area contributed by atoms with Crippen LogP contribution in [0.1, 0.15) is 34.3 Å². The summed E-state index contributed by atoms with van der Waals surface area (Å²) in [6, 6.07) is 38.4. The van der Waals surface area contributed by atoms with Crippen LogP contribution in [0.25, 0.3) is 0 Å². The van der Waals surface area contributed by atoms with E-state index in [0.29, 0.717) is 13.1 Å². The van der Waals surface area contributed by atoms with Crippen molar-refractivity contribution in [2.75, 3.05) is 0 Å². The van der Waals surface area contributed by atoms with Gasteiger partial charge in [0.25, 0.3) is 0 Å². The summed E-state index contributed by atoms with van der Waals surface area (Å²) in [4.78, 5) is 0. The Labute approximate surface area is 189 Å². The van der Waals surface area contributed by atoms with Gasteiger partial charge in [-0.2, -0.15) is 10.1 Å². The van der Waals surface area contributed by atoms with Crippen LogP contribution in [-0.4, -0.2) is 20.5 Å². The molecule has 2 N–H and O–H groups in total. The van der Waals surface area contributed by atoms with Gasteiger partial charge < -0.3 is 10.4 Å². The predicted octanol–water partition coefficient (Wildman–Crippen LogP) is 6.25. The molecule has 4 nitrogen and oxygen atoms in total. The van der Waals surface area contributed by atoms with E-state index < -0.39 is 12.1 Å². The molecule has 4 heteroatoms. The van der Waals surface area contributed by atoms with Gasteiger partial charge in [0.05, 0.1) is 12.1 Å². The van der Waals surface area contributed by atoms with Crippen LogP contribution in [0.3, 0.4) is 0 Å². The van der Waals surface area contributed by atoms with Gasteiger partial charge in [-0.15, -0.1) is 0 Å². The van der Waals surface area contributed by atoms with Crippen molar-refractivity contribution in [3.63, 3.8) is 0 Å². The molecule has 4 aromatic rings. The van der Waals surface area contributed by atoms with E-state index in [4.69, 9.17) is 0 Å². The highest BCUT2D eigenvalue weighted by Gasteiger charge is 2.34. The van der Waals surface area contributed by atoms with Crippen molar-refractivity contribution in [1.29, 1.82) is 0 Å². The maximum absolute atomic E-state index is 11.4. The van der Waals surface area contributed by atoms with Gasteiger partial charge in [-0.25, -0.2) is 0 Å². The van der Waals surface area contributed by atoms with Gasteiger partial charge in [0.1, 0.15) is 0 Å². The van der Waals surface area contributed by atoms with E-state index in [1.165, 1.54) is 10.1 Å². The molecule has 32 heavy (non-hydrogen) atoms. The number of hydroxylamine groups is 4. The summed E-state index contributed by atoms with van der Waals surface area (Å²) < 4.78 is 0. The lowest BCUT2D eigenvalue weighted by molar-refractivity contribution is -0.211. The molecule has 0 aromatic heterocycles. The molecule has 162 valence electrons. The van der Waals surface area contributed by atoms with Crippen LogP contribution in [0, 0.1) is 0 Å². The van der Waals surface area contributed by atoms with Crippen LogP contribution < -0.4 is 0 Å². The van der Waals surface area contributed by atoms with Gasteiger partial charge in [0.2, 0.25) is 0 Å². The van der Waals surface area contributed by atoms with E-state index >= 15 is 0 Å². The first kappa shape index (κ1) is 21.9. The summed E-state index contributed by atoms with van der Waals surface area (Å²) in [5.41, 5.74) is 3.84. The fraction of sp³-hybridized carbons (Fsp3) is 0.143. The maximum Gasteiger partial charge on any atom is 0.0823 e. The molecular weight excluding hydrogens is 396 g/mol. The van der Waals surface area contributed by atoms with Gasteiger partial charge in [0, 0.05) is 13.1 Å². The van der Waals surface area contributed by atoms with E-state index in [-0.39, 0.29) is 0 Å². The Kier molecular flexibility index (Phi) is 7.43. The average Bonchev–Trinajstić information content (AvgIpc) is 2.84. The minimum absolute atomic E-state index is 0.336. The molecule has 0 aliphatic carbocycles. The normalized spacial score (nSPS) is 13.2. The van der Waals surface area contributed by atoms with Crippen molar-refractivity contribution < 1.29 is 10.4 Å². The minimum Gasteiger partial charge on any atom is -0.313 e. The second-order valence-corrected chi connectivity index (χ2v) is 7.88. The number of hydrogen-bond acceptors (Lipinski definition) is 4. The number of rotatable bonds is 9. The molecule has 0 aliphatic rings. The number of benzene rings is 4. The highest BCUT2D eigenvalue weighted by atomic mass is 16.5. The molecule has 0 heterocycles. The lowest BCUT2D eigenvalue weighted by Gasteiger charge is -2.38. The monoisotopic (exact) mass is 424 g/mol. The topological polar surface area (TPSA) is 46.9 Å². The highest BCUT2D eigenvalue weighted by Crippen LogP contribution is 2.38. The summed E-state index contributed by atoms with van der Waals surface area (Å²) in [5, 5.41) is 25.4. The highest BCUT2D eigenvalue weighted by molar-refractivity contribution is 5.28. The van der Waals surface area contributed by atoms with Crippen molar-refractivity contribution in [3.8, 4) is 0 Å². The molecule has 0 aliphatic heterocycles. The molecule has 2 unspecified atom stereocenters. The maximum atomic E-state index is 11.4. The molecular formula is C28H28N2O2. The summed E-state index contributed by atoms with van der Waals surface area (Å²) in [6.45, 7) is 0.672. The van der Waals surface area contributed by atoms with Crippen LogP contribution in [-0.2, 0) is 13.1 Å². The first-order valence-electron chi connectivity index (χ1n) is 10.8. The van der Waals surface area contributed by atoms with Crippen LogP contribution in [0.2, 0.25) is 0 Å². The zero-order chi connectivity index (χ0) is 22.2. The fourth-order valence-corrected chi connectivity index (χ4v) is 4.07. The first-order valence-corrected chi connectivity index (χ1v) is 10.8. The molecule has 0 bridgehead atoms. The van der Waals surface area contributed by atoms with Gasteiger partial charge >= 0.3 is 0 Å². The average molecular weight is 425 g/mol. The molecule has 0 saturated heterocycles. The third kappa shape index (κ3) is 5.49. The summed E-state index contributed by atoms with van der Waals surface area (Å²) >= 11 is 0. The molecule has 0 amide bonds. The predicted molar refractivity (Wildman–Crippen MR) is 126 cm³/mol. The van der Waals surface area contributed by atoms with E-state index in [1.54, 1.807) is 0 Å². The number of nitrogens with zero attached hydrogens (tertiary/aromatic N) is 2. The molecule has 0 radical (unpaired) electrons. The van der Waals surface area contributed by atoms with Gasteiger partial charge in [-0.3, -0.25) is 0 Å². The van der Waals surface area contributed by atoms with Crippen LogP contribution in [0.15, 0.2) is 121 Å². The second kappa shape index (κ2) is 10.8. The van der Waals surface area contributed by atoms with E-state index in [2.05, 4.69) is 0 Å². The quantitative estimate of drug-likeness (QED) is 0.312. The lowest BCUT2D eigenvalue weighted by atomic mass is 9.92. The standard InChI is InChI=1S/C28H28N2O2/c31-29(21-23-13-5-1-6-14-23)27(25-17-9-3-10-18-25)28(26-19-11-4-12-20-26)30(32)22-24-15-7-2-8-16-24/h1-20,27-28,31-32H,21-22H2. The molecule has 2 atom stereocenters. The van der Waals surface area contributed by atoms with E-state index in [0.717, 1.165) is 22.3 Å². The van der Waals surface area contributed by atoms with Crippen LogP contribution >= 0.6 is 0 Å². The van der Waals surface area contributed by atoms with Crippen LogP contribution in [0.4, 0.5) is 0 Å². The smallest absolute Gasteiger partial charge is 0.0823 e. The lowest BCUT2D eigenvalue weighted by Crippen LogP contribution is -2.38. The van der Waals surface area contributed by atoms with Crippen molar-refractivity contribution in [3.05, 3.63) is 144 Å². The third-order valence-corrected chi connectivity index (χ3v) is 5.60. The molecule has 4 rings (SSSR count). The van der Waals surface area contributed by atoms with E-state index in [9.17, 15) is 10.4 Å². The second-order valence-electron chi connectivity index (χ2n) is 7.88. The molecule has 0 fully saturated rings. The Hall–Kier alpha value is -3.28. The van der Waals surface area contributed by atoms with Crippen molar-refractivity contribution in [2.24, 2.45) is 0 Å². The Bertz CT molecular complexity index is 971. The van der Waals surface area contributed by atoms with Gasteiger partial charge in [-0.1, -0.05) is 121 Å². The Balaban J connectivity index is 1.73. The summed E-state index contributed by atoms with van der Waals surface area (Å²) in [6.07, 6.45) is 0. The number of hydrogen-bond donors (Lipinski definition) is 2. The third-order valence-electron chi connectivity index (χ3n) is 5.60. The van der Waals surface area contributed by atoms with Gasteiger partial charge in [0.15, 0.2) is 0 Å². The van der Waals surface area contributed by atoms with Crippen molar-refractivity contribution in [1.82, 2.24) is 10.1 Å². The summed E-state index contributed by atoms with van der Waals surface area (Å²) in [7, 11) is 0. The van der Waals surface area contributed by atoms with Crippen molar-refractivity contribution in [2.45, 2.75) is 25.2 Å².